The molecule has 2 N–H and O–H groups in total. The first-order chi connectivity index (χ1) is 9.72. The smallest absolute Gasteiger partial charge is 0.128 e. The molecular formula is C16H18FNO2. The van der Waals surface area contributed by atoms with Crippen LogP contribution in [0.5, 0.6) is 5.75 Å². The molecule has 0 bridgehead atoms. The monoisotopic (exact) mass is 275 g/mol. The van der Waals surface area contributed by atoms with Crippen molar-refractivity contribution in [3.8, 4) is 5.75 Å². The van der Waals surface area contributed by atoms with Gasteiger partial charge in [0.2, 0.25) is 0 Å². The van der Waals surface area contributed by atoms with Crippen LogP contribution in [0.15, 0.2) is 42.5 Å². The molecule has 106 valence electrons. The highest BCUT2D eigenvalue weighted by Gasteiger charge is 2.02. The van der Waals surface area contributed by atoms with E-state index in [-0.39, 0.29) is 12.4 Å². The van der Waals surface area contributed by atoms with Gasteiger partial charge in [-0.25, -0.2) is 4.39 Å². The summed E-state index contributed by atoms with van der Waals surface area (Å²) in [6, 6.07) is 12.6. The maximum absolute atomic E-state index is 13.2. The summed E-state index contributed by atoms with van der Waals surface area (Å²) in [6.45, 7) is 1.03. The van der Waals surface area contributed by atoms with Crippen molar-refractivity contribution < 1.29 is 14.2 Å². The van der Waals surface area contributed by atoms with Gasteiger partial charge >= 0.3 is 0 Å². The van der Waals surface area contributed by atoms with Gasteiger partial charge in [-0.3, -0.25) is 0 Å². The van der Waals surface area contributed by atoms with E-state index >= 15 is 0 Å². The second kappa shape index (κ2) is 7.03. The van der Waals surface area contributed by atoms with Gasteiger partial charge in [0.15, 0.2) is 0 Å². The molecule has 0 fully saturated rings. The zero-order valence-corrected chi connectivity index (χ0v) is 11.4. The Morgan fingerprint density at radius 1 is 1.10 bits per heavy atom. The van der Waals surface area contributed by atoms with Crippen LogP contribution in [0.3, 0.4) is 0 Å². The molecule has 0 saturated heterocycles. The van der Waals surface area contributed by atoms with Crippen LogP contribution in [0.2, 0.25) is 0 Å². The summed E-state index contributed by atoms with van der Waals surface area (Å²) < 4.78 is 18.4. The molecule has 2 aromatic carbocycles. The number of rotatable bonds is 6. The molecule has 0 aliphatic rings. The molecular weight excluding hydrogens is 257 g/mol. The Hall–Kier alpha value is -1.91. The summed E-state index contributed by atoms with van der Waals surface area (Å²) >= 11 is 0. The van der Waals surface area contributed by atoms with Gasteiger partial charge in [-0.15, -0.1) is 0 Å². The fraction of sp³-hybridized carbons (Fsp3) is 0.250. The lowest BCUT2D eigenvalue weighted by atomic mass is 10.1. The SMILES string of the molecule is COc1cccc(CNCc2ccc(F)c(CO)c2)c1. The number of nitrogens with one attached hydrogen (secondary N) is 1. The molecule has 3 nitrogen and oxygen atoms in total. The Bertz CT molecular complexity index is 572. The second-order valence-corrected chi connectivity index (χ2v) is 4.54. The van der Waals surface area contributed by atoms with E-state index in [1.807, 2.05) is 24.3 Å². The first-order valence-corrected chi connectivity index (χ1v) is 6.44. The molecule has 0 heterocycles. The van der Waals surface area contributed by atoms with Gasteiger partial charge in [0.05, 0.1) is 13.7 Å². The van der Waals surface area contributed by atoms with Gasteiger partial charge in [0, 0.05) is 18.7 Å². The van der Waals surface area contributed by atoms with E-state index in [1.165, 1.54) is 6.07 Å². The van der Waals surface area contributed by atoms with E-state index < -0.39 is 0 Å². The molecule has 2 aromatic rings. The molecule has 0 atom stereocenters. The molecule has 20 heavy (non-hydrogen) atoms. The molecule has 0 aliphatic carbocycles. The van der Waals surface area contributed by atoms with E-state index in [1.54, 1.807) is 19.2 Å². The fourth-order valence-corrected chi connectivity index (χ4v) is 1.99. The van der Waals surface area contributed by atoms with Crippen LogP contribution in [0.1, 0.15) is 16.7 Å². The highest BCUT2D eigenvalue weighted by atomic mass is 19.1. The van der Waals surface area contributed by atoms with Gasteiger partial charge in [0.1, 0.15) is 11.6 Å². The van der Waals surface area contributed by atoms with Crippen LogP contribution in [0.25, 0.3) is 0 Å². The zero-order valence-electron chi connectivity index (χ0n) is 11.4. The standard InChI is InChI=1S/C16H18FNO2/c1-20-15-4-2-3-12(8-15)9-18-10-13-5-6-16(17)14(7-13)11-19/h2-8,18-19H,9-11H2,1H3. The summed E-state index contributed by atoms with van der Waals surface area (Å²) in [5.41, 5.74) is 2.39. The van der Waals surface area contributed by atoms with E-state index in [9.17, 15) is 4.39 Å². The van der Waals surface area contributed by atoms with Crippen LogP contribution in [-0.4, -0.2) is 12.2 Å². The van der Waals surface area contributed by atoms with Crippen molar-refractivity contribution in [2.75, 3.05) is 7.11 Å². The van der Waals surface area contributed by atoms with Gasteiger partial charge in [-0.1, -0.05) is 18.2 Å². The largest absolute Gasteiger partial charge is 0.497 e. The Morgan fingerprint density at radius 2 is 1.85 bits per heavy atom. The first kappa shape index (κ1) is 14.5. The summed E-state index contributed by atoms with van der Waals surface area (Å²) in [5.74, 6) is 0.456. The van der Waals surface area contributed by atoms with Crippen LogP contribution in [0, 0.1) is 5.82 Å². The van der Waals surface area contributed by atoms with E-state index in [2.05, 4.69) is 5.32 Å². The van der Waals surface area contributed by atoms with Gasteiger partial charge in [0.25, 0.3) is 0 Å². The second-order valence-electron chi connectivity index (χ2n) is 4.54. The molecule has 2 rings (SSSR count). The molecule has 0 saturated carbocycles. The van der Waals surface area contributed by atoms with Crippen molar-refractivity contribution in [1.82, 2.24) is 5.32 Å². The first-order valence-electron chi connectivity index (χ1n) is 6.44. The summed E-state index contributed by atoms with van der Waals surface area (Å²) in [6.07, 6.45) is 0. The molecule has 0 aromatic heterocycles. The molecule has 0 aliphatic heterocycles. The molecule has 0 amide bonds. The predicted molar refractivity (Wildman–Crippen MR) is 75.9 cm³/mol. The average molecular weight is 275 g/mol. The number of hydrogen-bond acceptors (Lipinski definition) is 3. The van der Waals surface area contributed by atoms with Crippen molar-refractivity contribution in [3.63, 3.8) is 0 Å². The van der Waals surface area contributed by atoms with Crippen LogP contribution in [-0.2, 0) is 19.7 Å². The third-order valence-corrected chi connectivity index (χ3v) is 3.07. The maximum atomic E-state index is 13.2. The third kappa shape index (κ3) is 3.79. The van der Waals surface area contributed by atoms with Gasteiger partial charge < -0.3 is 15.2 Å². The molecule has 0 unspecified atom stereocenters. The van der Waals surface area contributed by atoms with Crippen LogP contribution in [0.4, 0.5) is 4.39 Å². The highest BCUT2D eigenvalue weighted by Crippen LogP contribution is 2.13. The minimum atomic E-state index is -0.371. The van der Waals surface area contributed by atoms with E-state index in [0.29, 0.717) is 18.7 Å². The Morgan fingerprint density at radius 3 is 2.55 bits per heavy atom. The predicted octanol–water partition coefficient (Wildman–Crippen LogP) is 2.62. The van der Waals surface area contributed by atoms with Crippen molar-refractivity contribution in [1.29, 1.82) is 0 Å². The fourth-order valence-electron chi connectivity index (χ4n) is 1.99. The van der Waals surface area contributed by atoms with Crippen molar-refractivity contribution >= 4 is 0 Å². The zero-order chi connectivity index (χ0) is 14.4. The summed E-state index contributed by atoms with van der Waals surface area (Å²) in [7, 11) is 1.64. The van der Waals surface area contributed by atoms with E-state index in [0.717, 1.165) is 16.9 Å². The number of ether oxygens (including phenoxy) is 1. The molecule has 4 heteroatoms. The molecule has 0 spiro atoms. The quantitative estimate of drug-likeness (QED) is 0.851. The minimum absolute atomic E-state index is 0.282. The topological polar surface area (TPSA) is 41.5 Å². The number of benzene rings is 2. The normalized spacial score (nSPS) is 10.6. The lowest BCUT2D eigenvalue weighted by Gasteiger charge is -2.08. The average Bonchev–Trinajstić information content (AvgIpc) is 2.49. The van der Waals surface area contributed by atoms with Gasteiger partial charge in [-0.05, 0) is 35.4 Å². The number of hydrogen-bond donors (Lipinski definition) is 2. The molecule has 0 radical (unpaired) electrons. The number of aliphatic hydroxyl groups excluding tert-OH is 1. The lowest BCUT2D eigenvalue weighted by molar-refractivity contribution is 0.275. The highest BCUT2D eigenvalue weighted by molar-refractivity contribution is 5.28. The summed E-state index contributed by atoms with van der Waals surface area (Å²) in [4.78, 5) is 0. The number of halogens is 1. The van der Waals surface area contributed by atoms with Crippen molar-refractivity contribution in [3.05, 3.63) is 65.0 Å². The van der Waals surface area contributed by atoms with E-state index in [4.69, 9.17) is 9.84 Å². The number of aliphatic hydroxyl groups is 1. The van der Waals surface area contributed by atoms with Crippen molar-refractivity contribution in [2.45, 2.75) is 19.7 Å². The minimum Gasteiger partial charge on any atom is -0.497 e. The third-order valence-electron chi connectivity index (χ3n) is 3.07. The van der Waals surface area contributed by atoms with Crippen LogP contribution >= 0.6 is 0 Å². The van der Waals surface area contributed by atoms with Gasteiger partial charge in [-0.2, -0.15) is 0 Å². The number of methoxy groups -OCH3 is 1. The van der Waals surface area contributed by atoms with Crippen LogP contribution < -0.4 is 10.1 Å². The van der Waals surface area contributed by atoms with Crippen molar-refractivity contribution in [2.24, 2.45) is 0 Å². The Balaban J connectivity index is 1.92. The Labute approximate surface area is 118 Å². The summed E-state index contributed by atoms with van der Waals surface area (Å²) in [5, 5.41) is 12.3. The maximum Gasteiger partial charge on any atom is 0.128 e. The lowest BCUT2D eigenvalue weighted by Crippen LogP contribution is -2.13. The Kier molecular flexibility index (Phi) is 5.09.